The van der Waals surface area contributed by atoms with Crippen LogP contribution < -0.4 is 10.6 Å². The number of fused-ring (bicyclic) bond motifs is 1. The number of hydrogen-bond acceptors (Lipinski definition) is 4. The average Bonchev–Trinajstić information content (AvgIpc) is 3.50. The van der Waals surface area contributed by atoms with Gasteiger partial charge in [0.05, 0.1) is 15.8 Å². The van der Waals surface area contributed by atoms with E-state index in [4.69, 9.17) is 11.6 Å². The Morgan fingerprint density at radius 1 is 1.00 bits per heavy atom. The predicted molar refractivity (Wildman–Crippen MR) is 146 cm³/mol. The fraction of sp³-hybridized carbons (Fsp3) is 0.214. The largest absolute Gasteiger partial charge is 0.360 e. The number of amides is 2. The highest BCUT2D eigenvalue weighted by Gasteiger charge is 2.34. The maximum atomic E-state index is 13.1. The number of rotatable bonds is 6. The van der Waals surface area contributed by atoms with E-state index in [1.54, 1.807) is 72.9 Å². The van der Waals surface area contributed by atoms with E-state index < -0.39 is 9.84 Å². The lowest BCUT2D eigenvalue weighted by Crippen LogP contribution is -2.41. The molecular formula is C28H26ClN3O4S. The van der Waals surface area contributed by atoms with Crippen molar-refractivity contribution in [1.82, 2.24) is 10.3 Å². The molecule has 3 N–H and O–H groups in total. The molecule has 1 heterocycles. The third-order valence-corrected chi connectivity index (χ3v) is 8.28. The molecule has 0 radical (unpaired) electrons. The van der Waals surface area contributed by atoms with Gasteiger partial charge in [0.25, 0.3) is 5.91 Å². The lowest BCUT2D eigenvalue weighted by atomic mass is 10.0. The first kappa shape index (κ1) is 25.0. The topological polar surface area (TPSA) is 108 Å². The van der Waals surface area contributed by atoms with Crippen LogP contribution in [0.3, 0.4) is 0 Å². The summed E-state index contributed by atoms with van der Waals surface area (Å²) in [6.07, 6.45) is 5.12. The minimum absolute atomic E-state index is 0.154. The van der Waals surface area contributed by atoms with Crippen molar-refractivity contribution in [1.29, 1.82) is 0 Å². The molecular weight excluding hydrogens is 510 g/mol. The Labute approximate surface area is 220 Å². The summed E-state index contributed by atoms with van der Waals surface area (Å²) in [5.74, 6) is -0.733. The molecule has 1 saturated carbocycles. The van der Waals surface area contributed by atoms with Gasteiger partial charge in [-0.15, -0.1) is 0 Å². The molecule has 0 spiro atoms. The summed E-state index contributed by atoms with van der Waals surface area (Å²) in [4.78, 5) is 29.3. The van der Waals surface area contributed by atoms with Crippen molar-refractivity contribution in [3.8, 4) is 11.1 Å². The summed E-state index contributed by atoms with van der Waals surface area (Å²) >= 11 is 6.13. The van der Waals surface area contributed by atoms with Gasteiger partial charge in [0.1, 0.15) is 0 Å². The molecule has 9 heteroatoms. The second-order valence-corrected chi connectivity index (χ2v) is 11.7. The van der Waals surface area contributed by atoms with Gasteiger partial charge in [0.2, 0.25) is 5.91 Å². The Hall–Kier alpha value is -3.62. The van der Waals surface area contributed by atoms with Gasteiger partial charge in [0.15, 0.2) is 9.84 Å². The van der Waals surface area contributed by atoms with E-state index >= 15 is 0 Å². The Kier molecular flexibility index (Phi) is 6.79. The first-order valence-electron chi connectivity index (χ1n) is 12.0. The van der Waals surface area contributed by atoms with Crippen LogP contribution in [0.2, 0.25) is 5.02 Å². The van der Waals surface area contributed by atoms with Crippen LogP contribution in [-0.2, 0) is 14.6 Å². The zero-order valence-corrected chi connectivity index (χ0v) is 21.7. The van der Waals surface area contributed by atoms with E-state index in [0.717, 1.165) is 29.3 Å². The van der Waals surface area contributed by atoms with Gasteiger partial charge in [0, 0.05) is 46.2 Å². The van der Waals surface area contributed by atoms with Crippen LogP contribution in [0.15, 0.2) is 77.8 Å². The van der Waals surface area contributed by atoms with Crippen LogP contribution in [0.25, 0.3) is 22.0 Å². The van der Waals surface area contributed by atoms with E-state index in [1.165, 1.54) is 6.26 Å². The van der Waals surface area contributed by atoms with Gasteiger partial charge in [-0.05, 0) is 48.7 Å². The number of aromatic amines is 1. The summed E-state index contributed by atoms with van der Waals surface area (Å²) in [7, 11) is -3.38. The lowest BCUT2D eigenvalue weighted by molar-refractivity contribution is -0.120. The van der Waals surface area contributed by atoms with Crippen molar-refractivity contribution in [3.63, 3.8) is 0 Å². The van der Waals surface area contributed by atoms with Crippen molar-refractivity contribution in [2.45, 2.75) is 30.2 Å². The molecule has 7 nitrogen and oxygen atoms in total. The van der Waals surface area contributed by atoms with Crippen molar-refractivity contribution in [2.75, 3.05) is 11.6 Å². The molecule has 0 saturated heterocycles. The first-order valence-corrected chi connectivity index (χ1v) is 14.3. The van der Waals surface area contributed by atoms with Crippen molar-refractivity contribution < 1.29 is 18.0 Å². The van der Waals surface area contributed by atoms with Crippen LogP contribution >= 0.6 is 11.6 Å². The van der Waals surface area contributed by atoms with Gasteiger partial charge in [-0.25, -0.2) is 8.42 Å². The zero-order valence-electron chi connectivity index (χ0n) is 20.1. The van der Waals surface area contributed by atoms with Gasteiger partial charge in [-0.2, -0.15) is 0 Å². The quantitative estimate of drug-likeness (QED) is 0.306. The smallest absolute Gasteiger partial charge is 0.251 e. The lowest BCUT2D eigenvalue weighted by Gasteiger charge is -2.21. The number of sulfone groups is 1. The fourth-order valence-corrected chi connectivity index (χ4v) is 6.06. The molecule has 1 fully saturated rings. The molecule has 1 aliphatic carbocycles. The van der Waals surface area contributed by atoms with E-state index in [0.29, 0.717) is 28.3 Å². The SMILES string of the molecule is CS(=O)(=O)c1ccccc1-c1ccc(NC(=O)[C@H]2CCC[C@H]2NC(=O)c2ccc3c(Cl)c[nH]c3c2)cc1. The molecule has 190 valence electrons. The number of aromatic nitrogens is 1. The zero-order chi connectivity index (χ0) is 26.2. The monoisotopic (exact) mass is 535 g/mol. The van der Waals surface area contributed by atoms with E-state index in [9.17, 15) is 18.0 Å². The van der Waals surface area contributed by atoms with Crippen LogP contribution in [0, 0.1) is 5.92 Å². The van der Waals surface area contributed by atoms with E-state index in [1.807, 2.05) is 0 Å². The molecule has 0 unspecified atom stereocenters. The van der Waals surface area contributed by atoms with Crippen LogP contribution in [0.5, 0.6) is 0 Å². The molecule has 4 aromatic rings. The molecule has 37 heavy (non-hydrogen) atoms. The third kappa shape index (κ3) is 5.26. The summed E-state index contributed by atoms with van der Waals surface area (Å²) in [5, 5.41) is 7.43. The van der Waals surface area contributed by atoms with Crippen molar-refractivity contribution in [2.24, 2.45) is 5.92 Å². The number of H-pyrrole nitrogens is 1. The van der Waals surface area contributed by atoms with Crippen LogP contribution in [0.1, 0.15) is 29.6 Å². The maximum Gasteiger partial charge on any atom is 0.251 e. The standard InChI is InChI=1S/C28H26ClN3O4S/c1-37(35,36)26-8-3-2-5-20(26)17-9-12-19(13-10-17)31-28(34)22-6-4-7-24(22)32-27(33)18-11-14-21-23(29)16-30-25(21)15-18/h2-3,5,8-16,22,24,30H,4,6-7H2,1H3,(H,31,34)(H,32,33)/t22-,24+/m0/s1. The number of anilines is 1. The number of benzene rings is 3. The summed E-state index contributed by atoms with van der Waals surface area (Å²) in [6.45, 7) is 0. The molecule has 1 aliphatic rings. The fourth-order valence-electron chi connectivity index (χ4n) is 4.93. The Morgan fingerprint density at radius 3 is 2.51 bits per heavy atom. The van der Waals surface area contributed by atoms with Gasteiger partial charge in [-0.1, -0.05) is 54.4 Å². The number of carbonyl (C=O) groups is 2. The van der Waals surface area contributed by atoms with Crippen molar-refractivity contribution >= 4 is 49.8 Å². The highest BCUT2D eigenvalue weighted by Crippen LogP contribution is 2.30. The molecule has 0 aliphatic heterocycles. The number of halogens is 1. The average molecular weight is 536 g/mol. The number of hydrogen-bond donors (Lipinski definition) is 3. The van der Waals surface area contributed by atoms with Gasteiger partial charge >= 0.3 is 0 Å². The summed E-state index contributed by atoms with van der Waals surface area (Å²) < 4.78 is 24.3. The highest BCUT2D eigenvalue weighted by atomic mass is 35.5. The summed E-state index contributed by atoms with van der Waals surface area (Å²) in [6, 6.07) is 18.9. The number of nitrogens with one attached hydrogen (secondary N) is 3. The summed E-state index contributed by atoms with van der Waals surface area (Å²) in [5.41, 5.74) is 3.24. The molecule has 1 aromatic heterocycles. The molecule has 3 aromatic carbocycles. The maximum absolute atomic E-state index is 13.1. The molecule has 0 bridgehead atoms. The first-order chi connectivity index (χ1) is 17.7. The predicted octanol–water partition coefficient (Wildman–Crippen LogP) is 5.43. The van der Waals surface area contributed by atoms with Crippen LogP contribution in [-0.4, -0.2) is 37.5 Å². The van der Waals surface area contributed by atoms with Crippen molar-refractivity contribution in [3.05, 3.63) is 83.5 Å². The molecule has 2 atom stereocenters. The Morgan fingerprint density at radius 2 is 1.76 bits per heavy atom. The third-order valence-electron chi connectivity index (χ3n) is 6.81. The molecule has 2 amide bonds. The number of carbonyl (C=O) groups excluding carboxylic acids is 2. The van der Waals surface area contributed by atoms with Gasteiger partial charge in [-0.3, -0.25) is 9.59 Å². The normalized spacial score (nSPS) is 17.6. The van der Waals surface area contributed by atoms with E-state index in [2.05, 4.69) is 15.6 Å². The second kappa shape index (κ2) is 10.0. The Balaban J connectivity index is 1.26. The highest BCUT2D eigenvalue weighted by molar-refractivity contribution is 7.90. The minimum Gasteiger partial charge on any atom is -0.360 e. The van der Waals surface area contributed by atoms with Gasteiger partial charge < -0.3 is 15.6 Å². The Bertz CT molecular complexity index is 1600. The van der Waals surface area contributed by atoms with E-state index in [-0.39, 0.29) is 28.7 Å². The molecule has 5 rings (SSSR count). The van der Waals surface area contributed by atoms with Crippen LogP contribution in [0.4, 0.5) is 5.69 Å². The second-order valence-electron chi connectivity index (χ2n) is 9.35. The minimum atomic E-state index is -3.38.